The number of benzene rings is 3. The number of carbonyl (C=O) groups excluding carboxylic acids is 1. The van der Waals surface area contributed by atoms with Gasteiger partial charge in [0.1, 0.15) is 12.1 Å². The summed E-state index contributed by atoms with van der Waals surface area (Å²) in [7, 11) is 0. The van der Waals surface area contributed by atoms with Gasteiger partial charge in [0, 0.05) is 30.0 Å². The number of para-hydroxylation sites is 1. The van der Waals surface area contributed by atoms with Crippen molar-refractivity contribution >= 4 is 28.5 Å². The highest BCUT2D eigenvalue weighted by Crippen LogP contribution is 2.30. The van der Waals surface area contributed by atoms with Crippen LogP contribution in [0.4, 0.5) is 18.9 Å². The number of anilines is 1. The third-order valence-corrected chi connectivity index (χ3v) is 8.21. The van der Waals surface area contributed by atoms with Crippen LogP contribution in [0, 0.1) is 0 Å². The summed E-state index contributed by atoms with van der Waals surface area (Å²) in [4.78, 5) is 23.7. The summed E-state index contributed by atoms with van der Waals surface area (Å²) in [6, 6.07) is 21.7. The number of thioether (sulfide) groups is 1. The van der Waals surface area contributed by atoms with E-state index in [0.29, 0.717) is 17.9 Å². The Balaban J connectivity index is 1.13. The molecule has 5 rings (SSSR count). The molecule has 1 amide bonds. The number of nitrogens with zero attached hydrogens (tertiary/aromatic N) is 5. The zero-order chi connectivity index (χ0) is 30.4. The minimum atomic E-state index is -4.74. The fraction of sp³-hybridized carbons (Fsp3) is 0.312. The van der Waals surface area contributed by atoms with E-state index in [9.17, 15) is 18.0 Å². The number of aliphatic imine (C=N–C) groups is 1. The number of aromatic nitrogens is 3. The van der Waals surface area contributed by atoms with Crippen molar-refractivity contribution in [1.82, 2.24) is 14.8 Å². The Kier molecular flexibility index (Phi) is 9.49. The molecule has 3 aromatic carbocycles. The third kappa shape index (κ3) is 7.84. The number of ether oxygens (including phenoxy) is 1. The topological polar surface area (TPSA) is 72.6 Å². The van der Waals surface area contributed by atoms with Crippen LogP contribution in [0.3, 0.4) is 0 Å². The lowest BCUT2D eigenvalue weighted by Crippen LogP contribution is -2.25. The molecule has 1 aliphatic rings. The van der Waals surface area contributed by atoms with Crippen molar-refractivity contribution in [1.29, 1.82) is 0 Å². The molecule has 1 saturated heterocycles. The monoisotopic (exact) mass is 607 g/mol. The average molecular weight is 608 g/mol. The smallest absolute Gasteiger partial charge is 0.406 e. The molecule has 1 aromatic heterocycles. The average Bonchev–Trinajstić information content (AvgIpc) is 3.67. The van der Waals surface area contributed by atoms with E-state index < -0.39 is 6.36 Å². The van der Waals surface area contributed by atoms with Gasteiger partial charge >= 0.3 is 6.36 Å². The molecule has 1 aliphatic heterocycles. The number of carbonyl (C=O) groups is 1. The normalized spacial score (nSPS) is 15.2. The Hall–Kier alpha value is -4.12. The molecule has 7 nitrogen and oxygen atoms in total. The summed E-state index contributed by atoms with van der Waals surface area (Å²) in [5, 5.41) is 5.25. The van der Waals surface area contributed by atoms with Crippen molar-refractivity contribution in [3.05, 3.63) is 90.3 Å². The summed E-state index contributed by atoms with van der Waals surface area (Å²) < 4.78 is 42.6. The molecule has 11 heteroatoms. The first kappa shape index (κ1) is 30.3. The van der Waals surface area contributed by atoms with Crippen molar-refractivity contribution in [2.45, 2.75) is 51.8 Å². The minimum Gasteiger partial charge on any atom is -0.406 e. The molecule has 2 heterocycles. The number of amides is 1. The van der Waals surface area contributed by atoms with Gasteiger partial charge in [-0.3, -0.25) is 4.79 Å². The molecule has 0 saturated carbocycles. The first-order valence-corrected chi connectivity index (χ1v) is 15.2. The van der Waals surface area contributed by atoms with Gasteiger partial charge in [0.2, 0.25) is 5.91 Å². The zero-order valence-electron chi connectivity index (χ0n) is 23.9. The molecule has 0 radical (unpaired) electrons. The lowest BCUT2D eigenvalue weighted by molar-refractivity contribution is -0.274. The van der Waals surface area contributed by atoms with Crippen molar-refractivity contribution in [2.75, 3.05) is 17.2 Å². The molecule has 0 N–H and O–H groups in total. The zero-order valence-corrected chi connectivity index (χ0v) is 24.7. The molecule has 224 valence electrons. The summed E-state index contributed by atoms with van der Waals surface area (Å²) in [6.07, 6.45) is -0.298. The standard InChI is InChI=1S/C32H32F3N5O2S/c1-3-23-8-4-5-9-28(23)39-19-20-43-31(39)37-29(41)10-6-7-22(2)24-11-13-25(14-12-24)30-36-21-40(38-30)26-15-17-27(18-16-26)42-32(33,34)35/h4-5,8-9,11-18,21-22H,3,6-7,10,19-20H2,1-2H3. The fourth-order valence-electron chi connectivity index (χ4n) is 4.96. The summed E-state index contributed by atoms with van der Waals surface area (Å²) in [5.41, 5.74) is 4.91. The summed E-state index contributed by atoms with van der Waals surface area (Å²) >= 11 is 1.63. The number of rotatable bonds is 10. The van der Waals surface area contributed by atoms with Gasteiger partial charge in [-0.25, -0.2) is 9.67 Å². The lowest BCUT2D eigenvalue weighted by atomic mass is 9.94. The molecular weight excluding hydrogens is 575 g/mol. The second-order valence-corrected chi connectivity index (χ2v) is 11.3. The van der Waals surface area contributed by atoms with Crippen LogP contribution < -0.4 is 9.64 Å². The van der Waals surface area contributed by atoms with Crippen LogP contribution in [0.15, 0.2) is 84.1 Å². The van der Waals surface area contributed by atoms with Gasteiger partial charge < -0.3 is 9.64 Å². The maximum absolute atomic E-state index is 12.7. The van der Waals surface area contributed by atoms with E-state index in [2.05, 4.69) is 50.7 Å². The van der Waals surface area contributed by atoms with Crippen molar-refractivity contribution < 1.29 is 22.7 Å². The van der Waals surface area contributed by atoms with Crippen molar-refractivity contribution in [2.24, 2.45) is 4.99 Å². The van der Waals surface area contributed by atoms with Crippen LogP contribution in [0.1, 0.15) is 50.2 Å². The molecule has 0 bridgehead atoms. The van der Waals surface area contributed by atoms with E-state index in [0.717, 1.165) is 53.5 Å². The predicted molar refractivity (Wildman–Crippen MR) is 164 cm³/mol. The fourth-order valence-corrected chi connectivity index (χ4v) is 5.93. The first-order valence-electron chi connectivity index (χ1n) is 14.2. The number of amidine groups is 1. The number of hydrogen-bond acceptors (Lipinski definition) is 5. The maximum atomic E-state index is 12.7. The number of hydrogen-bond donors (Lipinski definition) is 0. The quantitative estimate of drug-likeness (QED) is 0.183. The second-order valence-electron chi connectivity index (χ2n) is 10.2. The Morgan fingerprint density at radius 2 is 1.81 bits per heavy atom. The highest BCUT2D eigenvalue weighted by Gasteiger charge is 2.31. The van der Waals surface area contributed by atoms with E-state index in [1.54, 1.807) is 11.8 Å². The number of alkyl halides is 3. The second kappa shape index (κ2) is 13.5. The van der Waals surface area contributed by atoms with E-state index in [4.69, 9.17) is 0 Å². The molecule has 0 aliphatic carbocycles. The Labute approximate surface area is 252 Å². The summed E-state index contributed by atoms with van der Waals surface area (Å²) in [6.45, 7) is 5.13. The van der Waals surface area contributed by atoms with Crippen LogP contribution in [-0.4, -0.2) is 44.5 Å². The van der Waals surface area contributed by atoms with Gasteiger partial charge in [-0.2, -0.15) is 4.99 Å². The van der Waals surface area contributed by atoms with E-state index in [-0.39, 0.29) is 17.6 Å². The summed E-state index contributed by atoms with van der Waals surface area (Å²) in [5.74, 6) is 1.29. The third-order valence-electron chi connectivity index (χ3n) is 7.25. The van der Waals surface area contributed by atoms with Gasteiger partial charge in [0.15, 0.2) is 11.0 Å². The maximum Gasteiger partial charge on any atom is 0.573 e. The van der Waals surface area contributed by atoms with E-state index in [1.165, 1.54) is 40.8 Å². The van der Waals surface area contributed by atoms with Crippen LogP contribution in [0.25, 0.3) is 17.1 Å². The van der Waals surface area contributed by atoms with Gasteiger partial charge in [0.05, 0.1) is 5.69 Å². The van der Waals surface area contributed by atoms with E-state index >= 15 is 0 Å². The Morgan fingerprint density at radius 1 is 1.07 bits per heavy atom. The van der Waals surface area contributed by atoms with Crippen LogP contribution >= 0.6 is 11.8 Å². The minimum absolute atomic E-state index is 0.0879. The van der Waals surface area contributed by atoms with Gasteiger partial charge in [0.25, 0.3) is 0 Å². The van der Waals surface area contributed by atoms with Crippen molar-refractivity contribution in [3.63, 3.8) is 0 Å². The van der Waals surface area contributed by atoms with Crippen LogP contribution in [0.2, 0.25) is 0 Å². The molecular formula is C32H32F3N5O2S. The molecule has 1 atom stereocenters. The SMILES string of the molecule is CCc1ccccc1N1CCSC1=NC(=O)CCCC(C)c1ccc(-c2ncn(-c3ccc(OC(F)(F)F)cc3)n2)cc1. The van der Waals surface area contributed by atoms with Crippen LogP contribution in [0.5, 0.6) is 5.75 Å². The highest BCUT2D eigenvalue weighted by molar-refractivity contribution is 8.14. The molecule has 1 unspecified atom stereocenters. The Morgan fingerprint density at radius 3 is 2.53 bits per heavy atom. The van der Waals surface area contributed by atoms with E-state index in [1.807, 2.05) is 36.4 Å². The molecule has 4 aromatic rings. The van der Waals surface area contributed by atoms with Gasteiger partial charge in [-0.15, -0.1) is 18.3 Å². The number of halogens is 3. The number of aryl methyl sites for hydroxylation is 1. The Bertz CT molecular complexity index is 1570. The largest absolute Gasteiger partial charge is 0.573 e. The van der Waals surface area contributed by atoms with Crippen molar-refractivity contribution in [3.8, 4) is 22.8 Å². The van der Waals surface area contributed by atoms with Gasteiger partial charge in [-0.1, -0.05) is 68.1 Å². The van der Waals surface area contributed by atoms with Crippen LogP contribution in [-0.2, 0) is 11.2 Å². The molecule has 43 heavy (non-hydrogen) atoms. The molecule has 0 spiro atoms. The predicted octanol–water partition coefficient (Wildman–Crippen LogP) is 7.81. The van der Waals surface area contributed by atoms with Gasteiger partial charge in [-0.05, 0) is 66.6 Å². The lowest BCUT2D eigenvalue weighted by Gasteiger charge is -2.20. The first-order chi connectivity index (χ1) is 20.7. The molecule has 1 fully saturated rings. The highest BCUT2D eigenvalue weighted by atomic mass is 32.2.